The summed E-state index contributed by atoms with van der Waals surface area (Å²) < 4.78 is 38.8. The molecule has 30 heavy (non-hydrogen) atoms. The van der Waals surface area contributed by atoms with Crippen LogP contribution in [0.2, 0.25) is 0 Å². The highest BCUT2D eigenvalue weighted by atomic mass is 19.4. The molecule has 156 valence electrons. The SMILES string of the molecule is O=C(NCCNc1ccc(Nc2ccccn2)nn1)Nc1ccccc1C(F)(F)F. The Kier molecular flexibility index (Phi) is 6.63. The van der Waals surface area contributed by atoms with Crippen LogP contribution in [0, 0.1) is 0 Å². The summed E-state index contributed by atoms with van der Waals surface area (Å²) in [7, 11) is 0. The second kappa shape index (κ2) is 9.54. The smallest absolute Gasteiger partial charge is 0.367 e. The Balaban J connectivity index is 1.42. The van der Waals surface area contributed by atoms with Crippen LogP contribution in [0.3, 0.4) is 0 Å². The van der Waals surface area contributed by atoms with Gasteiger partial charge in [-0.15, -0.1) is 10.2 Å². The topological polar surface area (TPSA) is 104 Å². The van der Waals surface area contributed by atoms with E-state index in [-0.39, 0.29) is 12.2 Å². The Morgan fingerprint density at radius 1 is 0.867 bits per heavy atom. The minimum atomic E-state index is -4.55. The number of rotatable bonds is 7. The fraction of sp³-hybridized carbons (Fsp3) is 0.158. The number of urea groups is 1. The highest BCUT2D eigenvalue weighted by Crippen LogP contribution is 2.34. The third-order valence-electron chi connectivity index (χ3n) is 3.78. The third kappa shape index (κ3) is 6.06. The largest absolute Gasteiger partial charge is 0.418 e. The number of alkyl halides is 3. The van der Waals surface area contributed by atoms with Crippen LogP contribution >= 0.6 is 0 Å². The second-order valence-corrected chi connectivity index (χ2v) is 5.99. The number of hydrogen-bond donors (Lipinski definition) is 4. The van der Waals surface area contributed by atoms with Crippen molar-refractivity contribution in [3.63, 3.8) is 0 Å². The Labute approximate surface area is 169 Å². The molecule has 0 atom stereocenters. The van der Waals surface area contributed by atoms with Gasteiger partial charge in [-0.25, -0.2) is 9.78 Å². The van der Waals surface area contributed by atoms with Gasteiger partial charge in [0.25, 0.3) is 0 Å². The van der Waals surface area contributed by atoms with Crippen molar-refractivity contribution in [1.29, 1.82) is 0 Å². The van der Waals surface area contributed by atoms with E-state index in [1.54, 1.807) is 30.5 Å². The molecule has 0 aliphatic carbocycles. The van der Waals surface area contributed by atoms with E-state index < -0.39 is 17.8 Å². The first-order valence-corrected chi connectivity index (χ1v) is 8.88. The minimum absolute atomic E-state index is 0.162. The number of nitrogens with zero attached hydrogens (tertiary/aromatic N) is 3. The maximum Gasteiger partial charge on any atom is 0.418 e. The Hall–Kier alpha value is -3.89. The van der Waals surface area contributed by atoms with Crippen molar-refractivity contribution in [2.75, 3.05) is 29.0 Å². The number of para-hydroxylation sites is 1. The van der Waals surface area contributed by atoms with Crippen molar-refractivity contribution in [3.05, 3.63) is 66.4 Å². The van der Waals surface area contributed by atoms with E-state index in [1.807, 2.05) is 6.07 Å². The van der Waals surface area contributed by atoms with Gasteiger partial charge < -0.3 is 21.3 Å². The molecule has 2 heterocycles. The monoisotopic (exact) mass is 417 g/mol. The van der Waals surface area contributed by atoms with Crippen molar-refractivity contribution >= 4 is 29.2 Å². The fourth-order valence-electron chi connectivity index (χ4n) is 2.43. The quantitative estimate of drug-likeness (QED) is 0.435. The molecule has 2 aromatic heterocycles. The first-order valence-electron chi connectivity index (χ1n) is 8.88. The lowest BCUT2D eigenvalue weighted by Crippen LogP contribution is -2.33. The summed E-state index contributed by atoms with van der Waals surface area (Å²) in [5.74, 6) is 1.63. The second-order valence-electron chi connectivity index (χ2n) is 5.99. The van der Waals surface area contributed by atoms with E-state index in [0.29, 0.717) is 24.0 Å². The van der Waals surface area contributed by atoms with Crippen LogP contribution in [0.1, 0.15) is 5.56 Å². The highest BCUT2D eigenvalue weighted by Gasteiger charge is 2.33. The van der Waals surface area contributed by atoms with Crippen molar-refractivity contribution in [2.24, 2.45) is 0 Å². The molecule has 0 radical (unpaired) electrons. The van der Waals surface area contributed by atoms with Gasteiger partial charge in [0.1, 0.15) is 11.6 Å². The molecule has 0 aliphatic heterocycles. The van der Waals surface area contributed by atoms with Crippen LogP contribution in [0.5, 0.6) is 0 Å². The Bertz CT molecular complexity index is 966. The molecule has 0 bridgehead atoms. The first kappa shape index (κ1) is 20.8. The zero-order valence-corrected chi connectivity index (χ0v) is 15.6. The number of benzene rings is 1. The number of aromatic nitrogens is 3. The van der Waals surface area contributed by atoms with Gasteiger partial charge >= 0.3 is 12.2 Å². The standard InChI is InChI=1S/C19H18F3N7O/c20-19(21,22)13-5-1-2-6-14(13)26-18(30)25-12-11-24-16-8-9-17(29-28-16)27-15-7-3-4-10-23-15/h1-10H,11-12H2,(H,24,28)(H,23,27,29)(H2,25,26,30). The number of halogens is 3. The molecule has 0 saturated carbocycles. The number of carbonyl (C=O) groups is 1. The molecule has 0 spiro atoms. The zero-order chi connectivity index (χ0) is 21.4. The number of pyridine rings is 1. The van der Waals surface area contributed by atoms with Gasteiger partial charge in [0.2, 0.25) is 0 Å². The highest BCUT2D eigenvalue weighted by molar-refractivity contribution is 5.90. The molecule has 8 nitrogen and oxygen atoms in total. The first-order chi connectivity index (χ1) is 14.4. The molecular weight excluding hydrogens is 399 g/mol. The van der Waals surface area contributed by atoms with Crippen LogP contribution in [0.25, 0.3) is 0 Å². The Morgan fingerprint density at radius 3 is 2.30 bits per heavy atom. The van der Waals surface area contributed by atoms with E-state index in [9.17, 15) is 18.0 Å². The van der Waals surface area contributed by atoms with Gasteiger partial charge in [-0.05, 0) is 36.4 Å². The number of hydrogen-bond acceptors (Lipinski definition) is 6. The molecule has 3 aromatic rings. The molecule has 11 heteroatoms. The lowest BCUT2D eigenvalue weighted by molar-refractivity contribution is -0.136. The van der Waals surface area contributed by atoms with Crippen molar-refractivity contribution < 1.29 is 18.0 Å². The summed E-state index contributed by atoms with van der Waals surface area (Å²) in [6.07, 6.45) is -2.90. The maximum atomic E-state index is 12.9. The molecule has 0 fully saturated rings. The number of amides is 2. The van der Waals surface area contributed by atoms with Gasteiger partial charge in [0, 0.05) is 19.3 Å². The summed E-state index contributed by atoms with van der Waals surface area (Å²) in [4.78, 5) is 16.0. The average molecular weight is 417 g/mol. The fourth-order valence-corrected chi connectivity index (χ4v) is 2.43. The number of carbonyl (C=O) groups excluding carboxylic acids is 1. The van der Waals surface area contributed by atoms with Crippen LogP contribution in [0.15, 0.2) is 60.8 Å². The normalized spacial score (nSPS) is 10.9. The van der Waals surface area contributed by atoms with Crippen molar-refractivity contribution in [1.82, 2.24) is 20.5 Å². The molecule has 3 rings (SSSR count). The molecule has 0 saturated heterocycles. The van der Waals surface area contributed by atoms with Crippen LogP contribution in [0.4, 0.5) is 41.1 Å². The summed E-state index contributed by atoms with van der Waals surface area (Å²) >= 11 is 0. The predicted molar refractivity (Wildman–Crippen MR) is 107 cm³/mol. The number of nitrogens with one attached hydrogen (secondary N) is 4. The molecule has 1 aromatic carbocycles. The lowest BCUT2D eigenvalue weighted by atomic mass is 10.1. The predicted octanol–water partition coefficient (Wildman–Crippen LogP) is 3.87. The van der Waals surface area contributed by atoms with Gasteiger partial charge in [-0.2, -0.15) is 13.2 Å². The van der Waals surface area contributed by atoms with E-state index >= 15 is 0 Å². The van der Waals surface area contributed by atoms with E-state index in [2.05, 4.69) is 36.4 Å². The number of anilines is 4. The van der Waals surface area contributed by atoms with Crippen LogP contribution in [-0.2, 0) is 6.18 Å². The molecule has 4 N–H and O–H groups in total. The Morgan fingerprint density at radius 2 is 1.60 bits per heavy atom. The summed E-state index contributed by atoms with van der Waals surface area (Å²) in [6.45, 7) is 0.464. The van der Waals surface area contributed by atoms with Crippen molar-refractivity contribution in [2.45, 2.75) is 6.18 Å². The maximum absolute atomic E-state index is 12.9. The summed E-state index contributed by atoms with van der Waals surface area (Å²) in [5, 5.41) is 18.6. The van der Waals surface area contributed by atoms with Crippen LogP contribution < -0.4 is 21.3 Å². The average Bonchev–Trinajstić information content (AvgIpc) is 2.73. The van der Waals surface area contributed by atoms with Gasteiger partial charge in [0.05, 0.1) is 11.3 Å². The molecule has 0 aliphatic rings. The van der Waals surface area contributed by atoms with E-state index in [1.165, 1.54) is 18.2 Å². The van der Waals surface area contributed by atoms with Gasteiger partial charge in [0.15, 0.2) is 5.82 Å². The lowest BCUT2D eigenvalue weighted by Gasteiger charge is -2.14. The van der Waals surface area contributed by atoms with Gasteiger partial charge in [-0.1, -0.05) is 18.2 Å². The zero-order valence-electron chi connectivity index (χ0n) is 15.6. The summed E-state index contributed by atoms with van der Waals surface area (Å²) in [5.41, 5.74) is -1.22. The minimum Gasteiger partial charge on any atom is -0.367 e. The molecule has 2 amide bonds. The van der Waals surface area contributed by atoms with Crippen LogP contribution in [-0.4, -0.2) is 34.3 Å². The van der Waals surface area contributed by atoms with Crippen molar-refractivity contribution in [3.8, 4) is 0 Å². The molecular formula is C19H18F3N7O. The molecule has 0 unspecified atom stereocenters. The summed E-state index contributed by atoms with van der Waals surface area (Å²) in [6, 6.07) is 12.9. The third-order valence-corrected chi connectivity index (χ3v) is 3.78. The van der Waals surface area contributed by atoms with Gasteiger partial charge in [-0.3, -0.25) is 0 Å². The van der Waals surface area contributed by atoms with E-state index in [0.717, 1.165) is 6.07 Å². The van der Waals surface area contributed by atoms with E-state index in [4.69, 9.17) is 0 Å².